The van der Waals surface area contributed by atoms with E-state index in [0.717, 1.165) is 6.42 Å². The third-order valence-electron chi connectivity index (χ3n) is 8.62. The lowest BCUT2D eigenvalue weighted by molar-refractivity contribution is -0.00834. The van der Waals surface area contributed by atoms with E-state index in [1.54, 1.807) is 31.2 Å². The fraction of sp³-hybridized carbons (Fsp3) is 0.444. The van der Waals surface area contributed by atoms with Crippen LogP contribution >= 0.6 is 0 Å². The number of nitrogens with one attached hydrogen (secondary N) is 2. The molecule has 3 aromatic rings. The summed E-state index contributed by atoms with van der Waals surface area (Å²) in [5.74, 6) is -0.386. The molecule has 1 heterocycles. The van der Waals surface area contributed by atoms with E-state index in [1.165, 1.54) is 65.8 Å². The number of ether oxygens (including phenoxy) is 3. The first-order valence-electron chi connectivity index (χ1n) is 16.6. The van der Waals surface area contributed by atoms with Gasteiger partial charge in [0, 0.05) is 44.0 Å². The number of hydrogen-bond donors (Lipinski definition) is 3. The summed E-state index contributed by atoms with van der Waals surface area (Å²) in [4.78, 5) is 28.8. The van der Waals surface area contributed by atoms with Crippen LogP contribution in [0.1, 0.15) is 50.4 Å². The van der Waals surface area contributed by atoms with Gasteiger partial charge >= 0.3 is 6.03 Å². The third kappa shape index (κ3) is 10.2. The first-order valence-corrected chi connectivity index (χ1v) is 18.0. The van der Waals surface area contributed by atoms with Crippen molar-refractivity contribution in [3.63, 3.8) is 0 Å². The van der Waals surface area contributed by atoms with E-state index in [2.05, 4.69) is 10.6 Å². The average molecular weight is 715 g/mol. The normalized spacial score (nSPS) is 19.9. The molecule has 12 nitrogen and oxygen atoms in total. The van der Waals surface area contributed by atoms with Crippen LogP contribution in [-0.4, -0.2) is 93.4 Å². The molecule has 3 amide bonds. The summed E-state index contributed by atoms with van der Waals surface area (Å²) in [7, 11) is -0.870. The maximum absolute atomic E-state index is 14.4. The van der Waals surface area contributed by atoms with E-state index < -0.39 is 39.9 Å². The van der Waals surface area contributed by atoms with Crippen LogP contribution in [0.5, 0.6) is 11.5 Å². The Labute approximate surface area is 293 Å². The molecule has 3 N–H and O–H groups in total. The number of sulfonamides is 1. The topological polar surface area (TPSA) is 147 Å². The highest BCUT2D eigenvalue weighted by Gasteiger charge is 2.32. The molecule has 0 radical (unpaired) electrons. The molecule has 0 spiro atoms. The molecule has 50 heavy (non-hydrogen) atoms. The summed E-state index contributed by atoms with van der Waals surface area (Å²) >= 11 is 0. The van der Waals surface area contributed by atoms with Crippen LogP contribution in [0.15, 0.2) is 71.6 Å². The van der Waals surface area contributed by atoms with Gasteiger partial charge in [-0.15, -0.1) is 0 Å². The summed E-state index contributed by atoms with van der Waals surface area (Å²) in [5.41, 5.74) is 0.870. The number of carbonyl (C=O) groups is 2. The van der Waals surface area contributed by atoms with Crippen LogP contribution in [-0.2, 0) is 14.8 Å². The smallest absolute Gasteiger partial charge is 0.323 e. The summed E-state index contributed by atoms with van der Waals surface area (Å²) in [5, 5.41) is 15.6. The molecule has 0 saturated carbocycles. The molecule has 0 aliphatic carbocycles. The number of likely N-dealkylation sites (N-methyl/N-ethyl adjacent to an activating group) is 1. The number of methoxy groups -OCH3 is 1. The second-order valence-electron chi connectivity index (χ2n) is 12.6. The van der Waals surface area contributed by atoms with Crippen molar-refractivity contribution < 1.29 is 41.7 Å². The van der Waals surface area contributed by atoms with Crippen molar-refractivity contribution in [1.82, 2.24) is 9.21 Å². The number of hydrogen-bond acceptors (Lipinski definition) is 8. The first kappa shape index (κ1) is 38.6. The number of aliphatic hydroxyl groups is 1. The second kappa shape index (κ2) is 17.6. The Balaban J connectivity index is 1.61. The SMILES string of the molecule is COc1ccc(S(=O)(=O)N(C)C[C@@H]2OCCCC[C@H](C)Oc3ccc(NC(=O)Nc4ccc(F)cc4)cc3C(=O)N([C@@H](C)CO)C[C@H]2C)cc1. The highest BCUT2D eigenvalue weighted by molar-refractivity contribution is 7.89. The molecular weight excluding hydrogens is 667 g/mol. The molecule has 4 rings (SSSR count). The van der Waals surface area contributed by atoms with Gasteiger partial charge in [0.1, 0.15) is 17.3 Å². The van der Waals surface area contributed by atoms with Gasteiger partial charge in [0.15, 0.2) is 0 Å². The summed E-state index contributed by atoms with van der Waals surface area (Å²) in [6.07, 6.45) is 1.29. The van der Waals surface area contributed by atoms with E-state index in [-0.39, 0.29) is 42.2 Å². The maximum Gasteiger partial charge on any atom is 0.323 e. The zero-order valence-electron chi connectivity index (χ0n) is 29.1. The molecule has 0 unspecified atom stereocenters. The van der Waals surface area contributed by atoms with Crippen LogP contribution < -0.4 is 20.1 Å². The number of amides is 3. The van der Waals surface area contributed by atoms with Crippen LogP contribution in [0.3, 0.4) is 0 Å². The summed E-state index contributed by atoms with van der Waals surface area (Å²) in [6.45, 7) is 5.70. The zero-order chi connectivity index (χ0) is 36.4. The van der Waals surface area contributed by atoms with E-state index in [9.17, 15) is 27.5 Å². The van der Waals surface area contributed by atoms with Crippen LogP contribution in [0, 0.1) is 11.7 Å². The Kier molecular flexibility index (Phi) is 13.6. The lowest BCUT2D eigenvalue weighted by Crippen LogP contribution is -2.48. The van der Waals surface area contributed by atoms with Gasteiger partial charge in [-0.2, -0.15) is 4.31 Å². The van der Waals surface area contributed by atoms with E-state index in [0.29, 0.717) is 42.3 Å². The molecule has 272 valence electrons. The van der Waals surface area contributed by atoms with Crippen LogP contribution in [0.4, 0.5) is 20.6 Å². The van der Waals surface area contributed by atoms with Gasteiger partial charge in [0.2, 0.25) is 10.0 Å². The lowest BCUT2D eigenvalue weighted by atomic mass is 10.0. The van der Waals surface area contributed by atoms with Crippen molar-refractivity contribution >= 4 is 33.3 Å². The predicted octanol–water partition coefficient (Wildman–Crippen LogP) is 5.59. The second-order valence-corrected chi connectivity index (χ2v) is 14.6. The number of halogens is 1. The van der Waals surface area contributed by atoms with Crippen molar-refractivity contribution in [2.45, 2.75) is 63.2 Å². The van der Waals surface area contributed by atoms with Gasteiger partial charge in [-0.3, -0.25) is 4.79 Å². The number of benzene rings is 3. The minimum Gasteiger partial charge on any atom is -0.497 e. The fourth-order valence-corrected chi connectivity index (χ4v) is 6.75. The summed E-state index contributed by atoms with van der Waals surface area (Å²) < 4.78 is 59.3. The maximum atomic E-state index is 14.4. The molecular formula is C36H47FN4O8S. The summed E-state index contributed by atoms with van der Waals surface area (Å²) in [6, 6.07) is 15.0. The molecule has 0 fully saturated rings. The first-order chi connectivity index (χ1) is 23.8. The minimum absolute atomic E-state index is 0.0262. The molecule has 1 aliphatic heterocycles. The third-order valence-corrected chi connectivity index (χ3v) is 10.5. The Bertz CT molecular complexity index is 1690. The van der Waals surface area contributed by atoms with Gasteiger partial charge in [0.25, 0.3) is 5.91 Å². The number of aliphatic hydroxyl groups excluding tert-OH is 1. The number of anilines is 2. The average Bonchev–Trinajstić information content (AvgIpc) is 3.10. The monoisotopic (exact) mass is 714 g/mol. The van der Waals surface area contributed by atoms with Gasteiger partial charge < -0.3 is 34.9 Å². The largest absolute Gasteiger partial charge is 0.497 e. The predicted molar refractivity (Wildman–Crippen MR) is 189 cm³/mol. The molecule has 0 aromatic heterocycles. The highest BCUT2D eigenvalue weighted by Crippen LogP contribution is 2.29. The Morgan fingerprint density at radius 2 is 1.72 bits per heavy atom. The van der Waals surface area contributed by atoms with Gasteiger partial charge in [-0.05, 0) is 99.8 Å². The molecule has 4 atom stereocenters. The van der Waals surface area contributed by atoms with E-state index in [1.807, 2.05) is 13.8 Å². The van der Waals surface area contributed by atoms with E-state index >= 15 is 0 Å². The Hall–Kier alpha value is -4.24. The minimum atomic E-state index is -3.87. The lowest BCUT2D eigenvalue weighted by Gasteiger charge is -2.35. The number of rotatable bonds is 9. The van der Waals surface area contributed by atoms with Crippen molar-refractivity contribution in [3.8, 4) is 11.5 Å². The molecule has 1 aliphatic rings. The fourth-order valence-electron chi connectivity index (χ4n) is 5.57. The Morgan fingerprint density at radius 3 is 2.38 bits per heavy atom. The van der Waals surface area contributed by atoms with Gasteiger partial charge in [0.05, 0.1) is 42.4 Å². The highest BCUT2D eigenvalue weighted by atomic mass is 32.2. The quantitative estimate of drug-likeness (QED) is 0.260. The molecule has 0 saturated heterocycles. The number of urea groups is 1. The van der Waals surface area contributed by atoms with Gasteiger partial charge in [-0.25, -0.2) is 17.6 Å². The zero-order valence-corrected chi connectivity index (χ0v) is 29.9. The number of nitrogens with zero attached hydrogens (tertiary/aromatic N) is 2. The van der Waals surface area contributed by atoms with Crippen molar-refractivity contribution in [2.75, 3.05) is 51.1 Å². The standard InChI is InChI=1S/C36H47FN4O8S/c1-24-21-41(25(2)23-42)35(43)32-20-29(39-36(44)38-28-11-9-27(37)10-12-28)13-18-33(32)49-26(3)8-6-7-19-48-34(24)22-40(4)50(45,46)31-16-14-30(47-5)15-17-31/h9-18,20,24-26,34,42H,6-8,19,21-23H2,1-5H3,(H2,38,39,44)/t24-,25+,26+,34+/m1/s1. The van der Waals surface area contributed by atoms with Gasteiger partial charge in [-0.1, -0.05) is 6.92 Å². The van der Waals surface area contributed by atoms with Crippen LogP contribution in [0.25, 0.3) is 0 Å². The van der Waals surface area contributed by atoms with E-state index in [4.69, 9.17) is 14.2 Å². The van der Waals surface area contributed by atoms with Crippen molar-refractivity contribution in [1.29, 1.82) is 0 Å². The molecule has 0 bridgehead atoms. The number of carbonyl (C=O) groups excluding carboxylic acids is 2. The molecule has 14 heteroatoms. The van der Waals surface area contributed by atoms with Crippen molar-refractivity contribution in [2.24, 2.45) is 5.92 Å². The number of fused-ring (bicyclic) bond motifs is 1. The molecule has 3 aromatic carbocycles. The Morgan fingerprint density at radius 1 is 1.06 bits per heavy atom. The van der Waals surface area contributed by atoms with Crippen molar-refractivity contribution in [3.05, 3.63) is 78.1 Å². The van der Waals surface area contributed by atoms with Crippen LogP contribution in [0.2, 0.25) is 0 Å².